The number of nitrogens with one attached hydrogen (secondary N) is 1. The van der Waals surface area contributed by atoms with Gasteiger partial charge in [-0.05, 0) is 55.5 Å². The van der Waals surface area contributed by atoms with Crippen LogP contribution >= 0.6 is 15.9 Å². The van der Waals surface area contributed by atoms with Crippen molar-refractivity contribution in [3.05, 3.63) is 75.0 Å². The summed E-state index contributed by atoms with van der Waals surface area (Å²) in [6, 6.07) is 13.1. The molecular formula is C19H15BrN4O5. The van der Waals surface area contributed by atoms with Crippen molar-refractivity contribution >= 4 is 39.1 Å². The zero-order valence-corrected chi connectivity index (χ0v) is 16.8. The van der Waals surface area contributed by atoms with E-state index in [0.717, 1.165) is 10.8 Å². The Balaban J connectivity index is 1.86. The van der Waals surface area contributed by atoms with Crippen molar-refractivity contribution in [2.45, 2.75) is 6.92 Å². The van der Waals surface area contributed by atoms with E-state index in [1.165, 1.54) is 0 Å². The molecule has 1 aromatic heterocycles. The first kappa shape index (κ1) is 20.2. The van der Waals surface area contributed by atoms with Gasteiger partial charge >= 0.3 is 17.5 Å². The van der Waals surface area contributed by atoms with E-state index in [2.05, 4.69) is 31.2 Å². The molecule has 3 aromatic rings. The van der Waals surface area contributed by atoms with Gasteiger partial charge in [-0.15, -0.1) is 0 Å². The molecule has 0 bridgehead atoms. The molecule has 10 heteroatoms. The minimum atomic E-state index is -0.622. The number of carbonyl (C=O) groups excluding carboxylic acids is 1. The number of aromatic nitrogens is 2. The Bertz CT molecular complexity index is 1030. The van der Waals surface area contributed by atoms with E-state index in [9.17, 15) is 14.9 Å². The highest BCUT2D eigenvalue weighted by atomic mass is 79.9. The Kier molecular flexibility index (Phi) is 6.35. The molecule has 3 rings (SSSR count). The Labute approximate surface area is 174 Å². The topological polar surface area (TPSA) is 116 Å². The van der Waals surface area contributed by atoms with Crippen molar-refractivity contribution in [3.63, 3.8) is 0 Å². The SMILES string of the molecule is CCOC(=O)c1ccc(Nc2ncnc(Oc3ccc(Br)cc3)c2[N+](=O)[O-])cc1. The van der Waals surface area contributed by atoms with E-state index < -0.39 is 16.6 Å². The van der Waals surface area contributed by atoms with Crippen LogP contribution < -0.4 is 10.1 Å². The number of anilines is 2. The molecule has 0 aliphatic heterocycles. The maximum atomic E-state index is 11.7. The fraction of sp³-hybridized carbons (Fsp3) is 0.105. The largest absolute Gasteiger partial charge is 0.462 e. The minimum absolute atomic E-state index is 0.0407. The van der Waals surface area contributed by atoms with Gasteiger partial charge in [0.1, 0.15) is 12.1 Å². The Morgan fingerprint density at radius 2 is 1.83 bits per heavy atom. The molecule has 2 aromatic carbocycles. The molecular weight excluding hydrogens is 444 g/mol. The number of halogens is 1. The summed E-state index contributed by atoms with van der Waals surface area (Å²) in [7, 11) is 0. The van der Waals surface area contributed by atoms with Crippen LogP contribution in [0.5, 0.6) is 11.6 Å². The summed E-state index contributed by atoms with van der Waals surface area (Å²) < 4.78 is 11.3. The fourth-order valence-corrected chi connectivity index (χ4v) is 2.61. The molecule has 0 saturated heterocycles. The summed E-state index contributed by atoms with van der Waals surface area (Å²) in [6.07, 6.45) is 1.16. The van der Waals surface area contributed by atoms with E-state index in [1.807, 2.05) is 0 Å². The van der Waals surface area contributed by atoms with Crippen LogP contribution in [0.4, 0.5) is 17.2 Å². The van der Waals surface area contributed by atoms with Gasteiger partial charge in [-0.1, -0.05) is 15.9 Å². The number of hydrogen-bond acceptors (Lipinski definition) is 8. The van der Waals surface area contributed by atoms with Crippen molar-refractivity contribution in [2.75, 3.05) is 11.9 Å². The van der Waals surface area contributed by atoms with Crippen LogP contribution in [0.15, 0.2) is 59.3 Å². The monoisotopic (exact) mass is 458 g/mol. The van der Waals surface area contributed by atoms with Gasteiger partial charge in [0.15, 0.2) is 0 Å². The maximum absolute atomic E-state index is 11.7. The maximum Gasteiger partial charge on any atom is 0.373 e. The van der Waals surface area contributed by atoms with Gasteiger partial charge in [-0.3, -0.25) is 10.1 Å². The van der Waals surface area contributed by atoms with Crippen molar-refractivity contribution in [1.82, 2.24) is 9.97 Å². The zero-order chi connectivity index (χ0) is 20.8. The second-order valence-electron chi connectivity index (χ2n) is 5.61. The molecule has 0 radical (unpaired) electrons. The van der Waals surface area contributed by atoms with Gasteiger partial charge in [0.05, 0.1) is 17.1 Å². The number of esters is 1. The highest BCUT2D eigenvalue weighted by Gasteiger charge is 2.25. The first-order chi connectivity index (χ1) is 14.0. The van der Waals surface area contributed by atoms with Gasteiger partial charge in [0.2, 0.25) is 5.82 Å². The fourth-order valence-electron chi connectivity index (χ4n) is 2.35. The van der Waals surface area contributed by atoms with Crippen LogP contribution in [-0.2, 0) is 4.74 Å². The quantitative estimate of drug-likeness (QED) is 0.303. The van der Waals surface area contributed by atoms with Crippen LogP contribution in [0.3, 0.4) is 0 Å². The van der Waals surface area contributed by atoms with Crippen LogP contribution in [0, 0.1) is 10.1 Å². The second kappa shape index (κ2) is 9.11. The molecule has 1 N–H and O–H groups in total. The molecule has 0 saturated carbocycles. The summed E-state index contributed by atoms with van der Waals surface area (Å²) in [5, 5.41) is 14.5. The lowest BCUT2D eigenvalue weighted by atomic mass is 10.2. The summed E-state index contributed by atoms with van der Waals surface area (Å²) in [5.74, 6) is -0.295. The number of benzene rings is 2. The van der Waals surface area contributed by atoms with Crippen LogP contribution in [0.2, 0.25) is 0 Å². The number of ether oxygens (including phenoxy) is 2. The summed E-state index contributed by atoms with van der Waals surface area (Å²) in [4.78, 5) is 30.6. The van der Waals surface area contributed by atoms with Gasteiger partial charge in [0.25, 0.3) is 0 Å². The highest BCUT2D eigenvalue weighted by Crippen LogP contribution is 2.35. The van der Waals surface area contributed by atoms with E-state index in [-0.39, 0.29) is 18.3 Å². The van der Waals surface area contributed by atoms with E-state index in [4.69, 9.17) is 9.47 Å². The van der Waals surface area contributed by atoms with Crippen LogP contribution in [-0.4, -0.2) is 27.5 Å². The predicted octanol–water partition coefficient (Wildman–Crippen LogP) is 4.86. The standard InChI is InChI=1S/C19H15BrN4O5/c1-2-28-19(25)12-3-7-14(8-4-12)23-17-16(24(26)27)18(22-11-21-17)29-15-9-5-13(20)6-10-15/h3-11H,2H2,1H3,(H,21,22,23). The number of nitro groups is 1. The lowest BCUT2D eigenvalue weighted by molar-refractivity contribution is -0.385. The molecule has 29 heavy (non-hydrogen) atoms. The number of carbonyl (C=O) groups is 1. The summed E-state index contributed by atoms with van der Waals surface area (Å²) in [6.45, 7) is 1.99. The van der Waals surface area contributed by atoms with Crippen molar-refractivity contribution in [3.8, 4) is 11.6 Å². The Hall–Kier alpha value is -3.53. The molecule has 0 fully saturated rings. The third-order valence-electron chi connectivity index (χ3n) is 3.66. The van der Waals surface area contributed by atoms with Gasteiger partial charge in [-0.2, -0.15) is 4.98 Å². The number of nitrogens with zero attached hydrogens (tertiary/aromatic N) is 3. The lowest BCUT2D eigenvalue weighted by Gasteiger charge is -2.10. The normalized spacial score (nSPS) is 10.3. The lowest BCUT2D eigenvalue weighted by Crippen LogP contribution is -2.05. The average Bonchev–Trinajstić information content (AvgIpc) is 2.70. The third-order valence-corrected chi connectivity index (χ3v) is 4.19. The summed E-state index contributed by atoms with van der Waals surface area (Å²) >= 11 is 3.31. The Morgan fingerprint density at radius 3 is 2.45 bits per heavy atom. The molecule has 1 heterocycles. The predicted molar refractivity (Wildman–Crippen MR) is 109 cm³/mol. The minimum Gasteiger partial charge on any atom is -0.462 e. The molecule has 9 nitrogen and oxygen atoms in total. The van der Waals surface area contributed by atoms with E-state index in [0.29, 0.717) is 17.0 Å². The Morgan fingerprint density at radius 1 is 1.14 bits per heavy atom. The van der Waals surface area contributed by atoms with Crippen molar-refractivity contribution in [2.24, 2.45) is 0 Å². The van der Waals surface area contributed by atoms with Crippen LogP contribution in [0.25, 0.3) is 0 Å². The molecule has 0 aliphatic rings. The summed E-state index contributed by atoms with van der Waals surface area (Å²) in [5.41, 5.74) is 0.452. The van der Waals surface area contributed by atoms with Crippen molar-refractivity contribution < 1.29 is 19.2 Å². The molecule has 0 aliphatic carbocycles. The first-order valence-corrected chi connectivity index (χ1v) is 9.24. The zero-order valence-electron chi connectivity index (χ0n) is 15.2. The second-order valence-corrected chi connectivity index (χ2v) is 6.53. The van der Waals surface area contributed by atoms with Crippen LogP contribution in [0.1, 0.15) is 17.3 Å². The van der Waals surface area contributed by atoms with Gasteiger partial charge < -0.3 is 14.8 Å². The van der Waals surface area contributed by atoms with Gasteiger partial charge in [0, 0.05) is 10.2 Å². The smallest absolute Gasteiger partial charge is 0.373 e. The number of rotatable bonds is 7. The van der Waals surface area contributed by atoms with E-state index >= 15 is 0 Å². The number of hydrogen-bond donors (Lipinski definition) is 1. The molecule has 0 amide bonds. The molecule has 0 spiro atoms. The van der Waals surface area contributed by atoms with Crippen molar-refractivity contribution in [1.29, 1.82) is 0 Å². The third kappa shape index (κ3) is 5.05. The molecule has 148 valence electrons. The first-order valence-electron chi connectivity index (χ1n) is 8.45. The molecule has 0 unspecified atom stereocenters. The molecule has 0 atom stereocenters. The van der Waals surface area contributed by atoms with Gasteiger partial charge in [-0.25, -0.2) is 9.78 Å². The highest BCUT2D eigenvalue weighted by molar-refractivity contribution is 9.10. The average molecular weight is 459 g/mol. The van der Waals surface area contributed by atoms with E-state index in [1.54, 1.807) is 55.5 Å².